The maximum Gasteiger partial charge on any atom is 0.253 e. The number of rotatable bonds is 5. The van der Waals surface area contributed by atoms with Crippen LogP contribution >= 0.6 is 0 Å². The van der Waals surface area contributed by atoms with E-state index in [1.54, 1.807) is 12.3 Å². The van der Waals surface area contributed by atoms with Gasteiger partial charge in [-0.1, -0.05) is 55.3 Å². The minimum Gasteiger partial charge on any atom is -0.383 e. The van der Waals surface area contributed by atoms with E-state index in [-0.39, 0.29) is 5.91 Å². The zero-order chi connectivity index (χ0) is 23.8. The van der Waals surface area contributed by atoms with Crippen molar-refractivity contribution in [1.29, 1.82) is 0 Å². The van der Waals surface area contributed by atoms with Crippen LogP contribution in [0, 0.1) is 0 Å². The predicted molar refractivity (Wildman–Crippen MR) is 136 cm³/mol. The lowest BCUT2D eigenvalue weighted by atomic mass is 10.1. The summed E-state index contributed by atoms with van der Waals surface area (Å²) in [6.45, 7) is 0.408. The van der Waals surface area contributed by atoms with Crippen LogP contribution in [0.3, 0.4) is 0 Å². The molecule has 2 aromatic carbocycles. The van der Waals surface area contributed by atoms with E-state index in [1.807, 2.05) is 53.2 Å². The lowest BCUT2D eigenvalue weighted by Crippen LogP contribution is -2.23. The first-order chi connectivity index (χ1) is 17.2. The molecule has 0 spiro atoms. The van der Waals surface area contributed by atoms with Crippen molar-refractivity contribution in [1.82, 2.24) is 30.0 Å². The summed E-state index contributed by atoms with van der Waals surface area (Å²) in [5, 5.41) is 9.68. The molecule has 8 nitrogen and oxygen atoms in total. The van der Waals surface area contributed by atoms with Crippen molar-refractivity contribution >= 4 is 33.7 Å². The molecule has 3 aromatic heterocycles. The van der Waals surface area contributed by atoms with Crippen LogP contribution in [0.4, 0.5) is 5.82 Å². The number of carbonyl (C=O) groups excluding carboxylic acids is 1. The second kappa shape index (κ2) is 8.79. The normalized spacial score (nSPS) is 14.1. The number of nitrogens with zero attached hydrogens (tertiary/aromatic N) is 5. The van der Waals surface area contributed by atoms with Crippen LogP contribution in [-0.4, -0.2) is 30.6 Å². The number of nitrogens with one attached hydrogen (secondary N) is 1. The zero-order valence-corrected chi connectivity index (χ0v) is 19.2. The summed E-state index contributed by atoms with van der Waals surface area (Å²) in [5.41, 5.74) is 11.0. The minimum absolute atomic E-state index is 0.149. The van der Waals surface area contributed by atoms with Crippen LogP contribution in [0.15, 0.2) is 67.1 Å². The Bertz CT molecular complexity index is 1530. The van der Waals surface area contributed by atoms with E-state index < -0.39 is 0 Å². The molecule has 3 heterocycles. The van der Waals surface area contributed by atoms with Crippen molar-refractivity contribution in [2.45, 2.75) is 38.3 Å². The molecule has 0 saturated heterocycles. The lowest BCUT2D eigenvalue weighted by molar-refractivity contribution is 0.0952. The van der Waals surface area contributed by atoms with Gasteiger partial charge in [-0.15, -0.1) is 0 Å². The predicted octanol–water partition coefficient (Wildman–Crippen LogP) is 4.67. The van der Waals surface area contributed by atoms with Gasteiger partial charge in [-0.3, -0.25) is 9.78 Å². The van der Waals surface area contributed by atoms with Crippen LogP contribution < -0.4 is 11.1 Å². The highest BCUT2D eigenvalue weighted by molar-refractivity contribution is 6.05. The smallest absolute Gasteiger partial charge is 0.253 e. The van der Waals surface area contributed by atoms with E-state index in [9.17, 15) is 4.79 Å². The number of anilines is 1. The van der Waals surface area contributed by atoms with Gasteiger partial charge in [-0.25, -0.2) is 14.6 Å². The monoisotopic (exact) mass is 463 g/mol. The number of carbonyl (C=O) groups is 1. The van der Waals surface area contributed by atoms with Crippen molar-refractivity contribution in [3.63, 3.8) is 0 Å². The first-order valence-corrected chi connectivity index (χ1v) is 11.9. The van der Waals surface area contributed by atoms with Crippen LogP contribution in [0.1, 0.15) is 47.6 Å². The Balaban J connectivity index is 1.25. The van der Waals surface area contributed by atoms with E-state index in [0.29, 0.717) is 29.5 Å². The molecule has 0 bridgehead atoms. The second-order valence-corrected chi connectivity index (χ2v) is 8.95. The summed E-state index contributed by atoms with van der Waals surface area (Å²) >= 11 is 0. The first-order valence-electron chi connectivity index (χ1n) is 11.9. The number of pyridine rings is 1. The van der Waals surface area contributed by atoms with Crippen molar-refractivity contribution in [2.24, 2.45) is 0 Å². The molecule has 0 atom stereocenters. The molecule has 1 aliphatic rings. The molecule has 1 saturated carbocycles. The summed E-state index contributed by atoms with van der Waals surface area (Å²) < 4.78 is 2.03. The van der Waals surface area contributed by atoms with Crippen LogP contribution in [0.2, 0.25) is 0 Å². The fourth-order valence-corrected chi connectivity index (χ4v) is 4.95. The minimum atomic E-state index is -0.149. The summed E-state index contributed by atoms with van der Waals surface area (Å²) in [4.78, 5) is 25.9. The molecule has 0 unspecified atom stereocenters. The van der Waals surface area contributed by atoms with Gasteiger partial charge in [-0.05, 0) is 30.5 Å². The summed E-state index contributed by atoms with van der Waals surface area (Å²) in [6.07, 6.45) is 7.82. The van der Waals surface area contributed by atoms with Crippen molar-refractivity contribution in [2.75, 3.05) is 5.73 Å². The summed E-state index contributed by atoms with van der Waals surface area (Å²) in [7, 11) is 0. The highest BCUT2D eigenvalue weighted by Crippen LogP contribution is 2.36. The first kappa shape index (κ1) is 21.2. The third-order valence-electron chi connectivity index (χ3n) is 6.75. The third-order valence-corrected chi connectivity index (χ3v) is 6.75. The lowest BCUT2D eigenvalue weighted by Gasteiger charge is -2.10. The average Bonchev–Trinajstić information content (AvgIpc) is 3.56. The quantitative estimate of drug-likeness (QED) is 0.392. The average molecular weight is 464 g/mol. The SMILES string of the molecule is Nc1ncnc2c1c(-c1ccc(CNC(=O)c3cccc4cccnc34)cc1)nn2C1CCCC1. The number of fused-ring (bicyclic) bond motifs is 2. The highest BCUT2D eigenvalue weighted by atomic mass is 16.1. The molecule has 8 heteroatoms. The number of aromatic nitrogens is 5. The van der Waals surface area contributed by atoms with Gasteiger partial charge < -0.3 is 11.1 Å². The van der Waals surface area contributed by atoms with Gasteiger partial charge in [0, 0.05) is 23.7 Å². The molecular weight excluding hydrogens is 438 g/mol. The van der Waals surface area contributed by atoms with Crippen LogP contribution in [0.25, 0.3) is 33.2 Å². The van der Waals surface area contributed by atoms with Gasteiger partial charge in [0.05, 0.1) is 22.5 Å². The highest BCUT2D eigenvalue weighted by Gasteiger charge is 2.24. The van der Waals surface area contributed by atoms with Crippen LogP contribution in [0.5, 0.6) is 0 Å². The molecule has 174 valence electrons. The Hall–Kier alpha value is -4.33. The number of benzene rings is 2. The molecule has 35 heavy (non-hydrogen) atoms. The van der Waals surface area contributed by atoms with Gasteiger partial charge in [0.1, 0.15) is 17.8 Å². The van der Waals surface area contributed by atoms with Gasteiger partial charge in [0.2, 0.25) is 0 Å². The molecule has 0 aliphatic heterocycles. The van der Waals surface area contributed by atoms with E-state index in [2.05, 4.69) is 20.3 Å². The van der Waals surface area contributed by atoms with E-state index in [4.69, 9.17) is 10.8 Å². The van der Waals surface area contributed by atoms with E-state index in [1.165, 1.54) is 19.2 Å². The topological polar surface area (TPSA) is 112 Å². The number of nitrogen functional groups attached to an aromatic ring is 1. The number of amides is 1. The standard InChI is InChI=1S/C27H25N7O/c28-25-22-24(33-34(20-7-1-2-8-20)26(22)32-16-31-25)19-12-10-17(11-13-19)15-30-27(35)21-9-3-5-18-6-4-14-29-23(18)21/h3-6,9-14,16,20H,1-2,7-8,15H2,(H,30,35)(H2,28,31,32). The summed E-state index contributed by atoms with van der Waals surface area (Å²) in [5.74, 6) is 0.291. The van der Waals surface area contributed by atoms with Gasteiger partial charge in [0.15, 0.2) is 5.65 Å². The molecule has 1 fully saturated rings. The fraction of sp³-hybridized carbons (Fsp3) is 0.222. The Morgan fingerprint density at radius 3 is 2.63 bits per heavy atom. The van der Waals surface area contributed by atoms with Crippen molar-refractivity contribution < 1.29 is 4.79 Å². The maximum absolute atomic E-state index is 12.8. The van der Waals surface area contributed by atoms with Crippen LogP contribution in [-0.2, 0) is 6.54 Å². The van der Waals surface area contributed by atoms with Gasteiger partial charge in [0.25, 0.3) is 5.91 Å². The molecule has 1 aliphatic carbocycles. The molecule has 1 amide bonds. The van der Waals surface area contributed by atoms with Gasteiger partial charge in [-0.2, -0.15) is 5.10 Å². The number of para-hydroxylation sites is 1. The van der Waals surface area contributed by atoms with Gasteiger partial charge >= 0.3 is 0 Å². The third kappa shape index (κ3) is 3.86. The molecule has 3 N–H and O–H groups in total. The Morgan fingerprint density at radius 1 is 1.00 bits per heavy atom. The number of hydrogen-bond acceptors (Lipinski definition) is 6. The molecular formula is C27H25N7O. The Morgan fingerprint density at radius 2 is 1.80 bits per heavy atom. The molecule has 5 aromatic rings. The van der Waals surface area contributed by atoms with Crippen molar-refractivity contribution in [3.05, 3.63) is 78.2 Å². The second-order valence-electron chi connectivity index (χ2n) is 8.95. The molecule has 0 radical (unpaired) electrons. The largest absolute Gasteiger partial charge is 0.383 e. The number of hydrogen-bond donors (Lipinski definition) is 2. The maximum atomic E-state index is 12.8. The van der Waals surface area contributed by atoms with Crippen molar-refractivity contribution in [3.8, 4) is 11.3 Å². The zero-order valence-electron chi connectivity index (χ0n) is 19.2. The van der Waals surface area contributed by atoms with E-state index in [0.717, 1.165) is 46.1 Å². The fourth-order valence-electron chi connectivity index (χ4n) is 4.95. The Labute approximate surface area is 202 Å². The number of nitrogens with two attached hydrogens (primary N) is 1. The summed E-state index contributed by atoms with van der Waals surface area (Å²) in [6, 6.07) is 17.8. The van der Waals surface area contributed by atoms with E-state index >= 15 is 0 Å². The molecule has 6 rings (SSSR count). The Kier molecular flexibility index (Phi) is 5.33.